The maximum absolute atomic E-state index is 12.3. The van der Waals surface area contributed by atoms with E-state index in [1.807, 2.05) is 24.3 Å². The van der Waals surface area contributed by atoms with Crippen LogP contribution in [-0.4, -0.2) is 18.2 Å². The van der Waals surface area contributed by atoms with E-state index in [0.717, 1.165) is 10.2 Å². The van der Waals surface area contributed by atoms with Gasteiger partial charge < -0.3 is 0 Å². The molecular formula is C11H15N2O3PS. The van der Waals surface area contributed by atoms with Gasteiger partial charge in [-0.2, -0.15) is 0 Å². The van der Waals surface area contributed by atoms with E-state index >= 15 is 0 Å². The minimum atomic E-state index is -3.30. The molecule has 0 aliphatic rings. The van der Waals surface area contributed by atoms with Crippen molar-refractivity contribution < 1.29 is 13.6 Å². The minimum Gasteiger partial charge on any atom is -0.293 e. The Balaban J connectivity index is 2.23. The third kappa shape index (κ3) is 3.09. The fourth-order valence-electron chi connectivity index (χ4n) is 1.48. The summed E-state index contributed by atoms with van der Waals surface area (Å²) in [5.74, 6) is 0. The SMILES string of the molecule is CCOP(=O)(Nc1nc2ccccc2s1)OCC. The Morgan fingerprint density at radius 3 is 2.56 bits per heavy atom. The van der Waals surface area contributed by atoms with Crippen LogP contribution in [0.15, 0.2) is 24.3 Å². The van der Waals surface area contributed by atoms with Crippen LogP contribution in [-0.2, 0) is 13.6 Å². The standard InChI is InChI=1S/C11H15N2O3PS/c1-3-15-17(14,16-4-2)13-11-12-9-7-5-6-8-10(9)18-11/h5-8H,3-4H2,1-2H3,(H,12,13,14). The summed E-state index contributed by atoms with van der Waals surface area (Å²) < 4.78 is 23.6. The summed E-state index contributed by atoms with van der Waals surface area (Å²) >= 11 is 1.42. The van der Waals surface area contributed by atoms with Gasteiger partial charge in [0.25, 0.3) is 0 Å². The van der Waals surface area contributed by atoms with Crippen molar-refractivity contribution in [1.82, 2.24) is 4.98 Å². The molecule has 0 aliphatic carbocycles. The lowest BCUT2D eigenvalue weighted by atomic mass is 10.3. The minimum absolute atomic E-state index is 0.315. The second-order valence-corrected chi connectivity index (χ2v) is 6.20. The zero-order valence-corrected chi connectivity index (χ0v) is 12.0. The first-order valence-corrected chi connectivity index (χ1v) is 8.05. The highest BCUT2D eigenvalue weighted by atomic mass is 32.1. The van der Waals surface area contributed by atoms with E-state index in [9.17, 15) is 4.57 Å². The summed E-state index contributed by atoms with van der Waals surface area (Å²) in [7, 11) is -3.30. The van der Waals surface area contributed by atoms with Gasteiger partial charge in [0.05, 0.1) is 23.4 Å². The molecular weight excluding hydrogens is 271 g/mol. The molecule has 5 nitrogen and oxygen atoms in total. The monoisotopic (exact) mass is 286 g/mol. The Morgan fingerprint density at radius 2 is 1.94 bits per heavy atom. The van der Waals surface area contributed by atoms with Crippen LogP contribution in [0.2, 0.25) is 0 Å². The predicted octanol–water partition coefficient (Wildman–Crippen LogP) is 3.89. The molecule has 2 aromatic rings. The fraction of sp³-hybridized carbons (Fsp3) is 0.364. The van der Waals surface area contributed by atoms with Gasteiger partial charge in [-0.05, 0) is 26.0 Å². The lowest BCUT2D eigenvalue weighted by Gasteiger charge is -2.16. The largest absolute Gasteiger partial charge is 0.434 e. The topological polar surface area (TPSA) is 60.5 Å². The number of hydrogen-bond donors (Lipinski definition) is 1. The third-order valence-corrected chi connectivity index (χ3v) is 4.91. The number of hydrogen-bond acceptors (Lipinski definition) is 5. The van der Waals surface area contributed by atoms with E-state index in [1.165, 1.54) is 11.3 Å². The molecule has 0 aliphatic heterocycles. The Labute approximate surface area is 110 Å². The molecule has 98 valence electrons. The highest BCUT2D eigenvalue weighted by Gasteiger charge is 2.25. The normalized spacial score (nSPS) is 11.9. The molecule has 1 aromatic heterocycles. The molecule has 7 heteroatoms. The molecule has 1 heterocycles. The van der Waals surface area contributed by atoms with Gasteiger partial charge in [-0.3, -0.25) is 14.1 Å². The van der Waals surface area contributed by atoms with Gasteiger partial charge in [-0.1, -0.05) is 23.5 Å². The van der Waals surface area contributed by atoms with Gasteiger partial charge in [-0.25, -0.2) is 9.55 Å². The molecule has 0 amide bonds. The number of aromatic nitrogens is 1. The molecule has 0 radical (unpaired) electrons. The highest BCUT2D eigenvalue weighted by molar-refractivity contribution is 7.56. The predicted molar refractivity (Wildman–Crippen MR) is 74.1 cm³/mol. The van der Waals surface area contributed by atoms with E-state index in [4.69, 9.17) is 9.05 Å². The molecule has 0 unspecified atom stereocenters. The summed E-state index contributed by atoms with van der Waals surface area (Å²) in [4.78, 5) is 4.34. The van der Waals surface area contributed by atoms with Crippen LogP contribution in [0.5, 0.6) is 0 Å². The maximum Gasteiger partial charge on any atom is 0.434 e. The van der Waals surface area contributed by atoms with Crippen LogP contribution in [0.4, 0.5) is 5.13 Å². The van der Waals surface area contributed by atoms with Crippen molar-refractivity contribution in [3.63, 3.8) is 0 Å². The Morgan fingerprint density at radius 1 is 1.28 bits per heavy atom. The second kappa shape index (κ2) is 5.80. The molecule has 2 rings (SSSR count). The van der Waals surface area contributed by atoms with Crippen molar-refractivity contribution >= 4 is 34.4 Å². The summed E-state index contributed by atoms with van der Waals surface area (Å²) in [6.07, 6.45) is 0. The zero-order valence-electron chi connectivity index (χ0n) is 10.3. The van der Waals surface area contributed by atoms with Crippen molar-refractivity contribution in [2.24, 2.45) is 0 Å². The summed E-state index contributed by atoms with van der Waals surface area (Å²) in [5.41, 5.74) is 0.865. The van der Waals surface area contributed by atoms with E-state index in [2.05, 4.69) is 10.1 Å². The van der Waals surface area contributed by atoms with E-state index in [-0.39, 0.29) is 0 Å². The first-order valence-electron chi connectivity index (χ1n) is 5.70. The summed E-state index contributed by atoms with van der Waals surface area (Å²) in [6, 6.07) is 7.72. The number of anilines is 1. The van der Waals surface area contributed by atoms with Crippen LogP contribution in [0, 0.1) is 0 Å². The molecule has 0 fully saturated rings. The van der Waals surface area contributed by atoms with E-state index < -0.39 is 7.75 Å². The van der Waals surface area contributed by atoms with Crippen molar-refractivity contribution in [2.45, 2.75) is 13.8 Å². The maximum atomic E-state index is 12.3. The van der Waals surface area contributed by atoms with Crippen molar-refractivity contribution in [3.8, 4) is 0 Å². The fourth-order valence-corrected chi connectivity index (χ4v) is 3.88. The highest BCUT2D eigenvalue weighted by Crippen LogP contribution is 2.48. The summed E-state index contributed by atoms with van der Waals surface area (Å²) in [6.45, 7) is 4.17. The van der Waals surface area contributed by atoms with Gasteiger partial charge >= 0.3 is 7.75 Å². The summed E-state index contributed by atoms with van der Waals surface area (Å²) in [5, 5.41) is 3.31. The smallest absolute Gasteiger partial charge is 0.293 e. The number of para-hydroxylation sites is 1. The van der Waals surface area contributed by atoms with E-state index in [0.29, 0.717) is 18.3 Å². The number of nitrogens with zero attached hydrogens (tertiary/aromatic N) is 1. The first-order chi connectivity index (χ1) is 8.67. The number of fused-ring (bicyclic) bond motifs is 1. The average Bonchev–Trinajstić information content (AvgIpc) is 2.70. The second-order valence-electron chi connectivity index (χ2n) is 3.43. The quantitative estimate of drug-likeness (QED) is 0.816. The molecule has 0 saturated carbocycles. The van der Waals surface area contributed by atoms with Crippen molar-refractivity contribution in [2.75, 3.05) is 18.3 Å². The molecule has 1 N–H and O–H groups in total. The lowest BCUT2D eigenvalue weighted by Crippen LogP contribution is -2.04. The van der Waals surface area contributed by atoms with Crippen molar-refractivity contribution in [1.29, 1.82) is 0 Å². The molecule has 18 heavy (non-hydrogen) atoms. The Kier molecular flexibility index (Phi) is 4.35. The van der Waals surface area contributed by atoms with Crippen LogP contribution in [0.25, 0.3) is 10.2 Å². The van der Waals surface area contributed by atoms with Crippen molar-refractivity contribution in [3.05, 3.63) is 24.3 Å². The molecule has 0 spiro atoms. The molecule has 0 saturated heterocycles. The zero-order chi connectivity index (χ0) is 13.0. The van der Waals surface area contributed by atoms with Crippen LogP contribution in [0.3, 0.4) is 0 Å². The van der Waals surface area contributed by atoms with Gasteiger partial charge in [-0.15, -0.1) is 0 Å². The molecule has 1 aromatic carbocycles. The number of thiazole rings is 1. The molecule has 0 bridgehead atoms. The van der Waals surface area contributed by atoms with Crippen LogP contribution < -0.4 is 5.09 Å². The average molecular weight is 286 g/mol. The molecule has 0 atom stereocenters. The number of rotatable bonds is 6. The van der Waals surface area contributed by atoms with Gasteiger partial charge in [0, 0.05) is 0 Å². The third-order valence-electron chi connectivity index (χ3n) is 2.12. The van der Waals surface area contributed by atoms with Gasteiger partial charge in [0.15, 0.2) is 5.13 Å². The first kappa shape index (κ1) is 13.5. The number of nitrogens with one attached hydrogen (secondary N) is 1. The van der Waals surface area contributed by atoms with Gasteiger partial charge in [0.2, 0.25) is 0 Å². The van der Waals surface area contributed by atoms with Gasteiger partial charge in [0.1, 0.15) is 0 Å². The number of benzene rings is 1. The van der Waals surface area contributed by atoms with E-state index in [1.54, 1.807) is 13.8 Å². The Bertz CT molecular complexity index is 529. The van der Waals surface area contributed by atoms with Crippen LogP contribution in [0.1, 0.15) is 13.8 Å². The Hall–Kier alpha value is -0.940. The van der Waals surface area contributed by atoms with Crippen LogP contribution >= 0.6 is 19.1 Å². The lowest BCUT2D eigenvalue weighted by molar-refractivity contribution is 0.225.